The normalized spacial score (nSPS) is 20.5. The summed E-state index contributed by atoms with van der Waals surface area (Å²) in [4.78, 5) is 25.0. The number of para-hydroxylation sites is 2. The predicted octanol–water partition coefficient (Wildman–Crippen LogP) is 3.90. The van der Waals surface area contributed by atoms with E-state index in [0.29, 0.717) is 13.1 Å². The van der Waals surface area contributed by atoms with Crippen molar-refractivity contribution in [3.8, 4) is 5.69 Å². The molecule has 2 aromatic carbocycles. The van der Waals surface area contributed by atoms with Crippen LogP contribution < -0.4 is 4.90 Å². The number of nitrogens with zero attached hydrogens (tertiary/aromatic N) is 6. The fraction of sp³-hybridized carbons (Fsp3) is 0.345. The van der Waals surface area contributed by atoms with Crippen LogP contribution in [0.2, 0.25) is 0 Å². The van der Waals surface area contributed by atoms with Gasteiger partial charge >= 0.3 is 0 Å². The minimum Gasteiger partial charge on any atom is -0.353 e. The largest absolute Gasteiger partial charge is 0.353 e. The third-order valence-electron chi connectivity index (χ3n) is 7.56. The van der Waals surface area contributed by atoms with Crippen LogP contribution in [0.25, 0.3) is 16.6 Å². The first-order chi connectivity index (χ1) is 17.5. The minimum absolute atomic E-state index is 0.198. The summed E-state index contributed by atoms with van der Waals surface area (Å²) in [7, 11) is 0. The summed E-state index contributed by atoms with van der Waals surface area (Å²) in [5, 5.41) is 5.93. The van der Waals surface area contributed by atoms with Gasteiger partial charge in [0.2, 0.25) is 5.91 Å². The van der Waals surface area contributed by atoms with E-state index in [-0.39, 0.29) is 18.0 Å². The smallest absolute Gasteiger partial charge is 0.237 e. The molecule has 4 aromatic rings. The quantitative estimate of drug-likeness (QED) is 0.443. The van der Waals surface area contributed by atoms with Gasteiger partial charge in [-0.3, -0.25) is 9.69 Å². The van der Waals surface area contributed by atoms with Crippen LogP contribution in [-0.2, 0) is 17.8 Å². The molecule has 1 saturated heterocycles. The van der Waals surface area contributed by atoms with Crippen molar-refractivity contribution >= 4 is 22.6 Å². The first kappa shape index (κ1) is 22.7. The number of benzene rings is 2. The maximum absolute atomic E-state index is 13.4. The zero-order valence-corrected chi connectivity index (χ0v) is 20.9. The van der Waals surface area contributed by atoms with Crippen LogP contribution in [0.15, 0.2) is 72.9 Å². The number of hydrogen-bond acceptors (Lipinski definition) is 5. The van der Waals surface area contributed by atoms with Crippen molar-refractivity contribution in [3.63, 3.8) is 0 Å². The highest BCUT2D eigenvalue weighted by Crippen LogP contribution is 2.25. The van der Waals surface area contributed by atoms with Gasteiger partial charge < -0.3 is 9.80 Å². The summed E-state index contributed by atoms with van der Waals surface area (Å²) in [6.07, 6.45) is 2.87. The van der Waals surface area contributed by atoms with Crippen molar-refractivity contribution in [2.45, 2.75) is 38.9 Å². The van der Waals surface area contributed by atoms with Crippen LogP contribution in [0.3, 0.4) is 0 Å². The van der Waals surface area contributed by atoms with Crippen LogP contribution in [0, 0.1) is 0 Å². The minimum atomic E-state index is 0.198. The van der Waals surface area contributed by atoms with Crippen molar-refractivity contribution in [1.29, 1.82) is 0 Å². The molecule has 7 nitrogen and oxygen atoms in total. The van der Waals surface area contributed by atoms with Crippen LogP contribution in [-0.4, -0.2) is 68.7 Å². The van der Waals surface area contributed by atoms with Crippen LogP contribution in [0.5, 0.6) is 0 Å². The number of aromatic nitrogens is 3. The molecule has 0 saturated carbocycles. The molecule has 0 N–H and O–H groups in total. The number of carbonyl (C=O) groups excluding carboxylic acids is 1. The molecular formula is C29H32N6O. The van der Waals surface area contributed by atoms with Crippen LogP contribution >= 0.6 is 0 Å². The second-order valence-corrected chi connectivity index (χ2v) is 10.1. The first-order valence-corrected chi connectivity index (χ1v) is 12.8. The molecule has 0 spiro atoms. The summed E-state index contributed by atoms with van der Waals surface area (Å²) in [6.45, 7) is 7.95. The van der Waals surface area contributed by atoms with Crippen LogP contribution in [0.4, 0.5) is 5.82 Å². The molecule has 7 heteroatoms. The summed E-state index contributed by atoms with van der Waals surface area (Å²) in [6, 6.07) is 23.2. The first-order valence-electron chi connectivity index (χ1n) is 12.8. The lowest BCUT2D eigenvalue weighted by molar-refractivity contribution is -0.134. The Morgan fingerprint density at radius 2 is 1.69 bits per heavy atom. The topological polar surface area (TPSA) is 57.5 Å². The molecule has 2 aliphatic rings. The van der Waals surface area contributed by atoms with E-state index in [1.165, 1.54) is 0 Å². The maximum atomic E-state index is 13.4. The second kappa shape index (κ2) is 9.39. The Morgan fingerprint density at radius 1 is 0.944 bits per heavy atom. The molecule has 1 fully saturated rings. The highest BCUT2D eigenvalue weighted by molar-refractivity contribution is 5.80. The van der Waals surface area contributed by atoms with Gasteiger partial charge in [0.1, 0.15) is 5.82 Å². The maximum Gasteiger partial charge on any atom is 0.237 e. The van der Waals surface area contributed by atoms with Gasteiger partial charge in [0.15, 0.2) is 0 Å². The Bertz CT molecular complexity index is 1370. The van der Waals surface area contributed by atoms with Gasteiger partial charge in [-0.25, -0.2) is 9.67 Å². The van der Waals surface area contributed by atoms with E-state index >= 15 is 0 Å². The molecular weight excluding hydrogens is 448 g/mol. The van der Waals surface area contributed by atoms with E-state index < -0.39 is 0 Å². The number of amides is 1. The van der Waals surface area contributed by atoms with E-state index in [1.54, 1.807) is 0 Å². The van der Waals surface area contributed by atoms with E-state index in [0.717, 1.165) is 59.7 Å². The van der Waals surface area contributed by atoms with Gasteiger partial charge in [-0.05, 0) is 44.2 Å². The summed E-state index contributed by atoms with van der Waals surface area (Å²) >= 11 is 0. The summed E-state index contributed by atoms with van der Waals surface area (Å²) in [5.74, 6) is 1.21. The lowest BCUT2D eigenvalue weighted by Gasteiger charge is -2.45. The Labute approximate surface area is 211 Å². The van der Waals surface area contributed by atoms with E-state index in [4.69, 9.17) is 10.1 Å². The number of rotatable bonds is 4. The van der Waals surface area contributed by atoms with E-state index in [2.05, 4.69) is 66.2 Å². The molecule has 2 atom stereocenters. The highest BCUT2D eigenvalue weighted by Gasteiger charge is 2.33. The second-order valence-electron chi connectivity index (χ2n) is 10.1. The van der Waals surface area contributed by atoms with Gasteiger partial charge in [0, 0.05) is 61.8 Å². The van der Waals surface area contributed by atoms with Crippen molar-refractivity contribution < 1.29 is 4.79 Å². The molecule has 2 aliphatic heterocycles. The number of piperazine rings is 1. The number of hydrogen-bond donors (Lipinski definition) is 0. The molecule has 36 heavy (non-hydrogen) atoms. The molecule has 6 rings (SSSR count). The third-order valence-corrected chi connectivity index (χ3v) is 7.56. The molecule has 0 unspecified atom stereocenters. The standard InChI is InChI=1S/C29H32N6O/c1-21-16-33(28-13-12-23-8-6-7-11-26(23)30-28)17-22(2)34(21)20-29(36)32-15-14-27-24(18-32)19-35(31-27)25-9-4-3-5-10-25/h3-13,19,21-22H,14-18,20H2,1-2H3/t21-,22+. The summed E-state index contributed by atoms with van der Waals surface area (Å²) in [5.41, 5.74) is 4.31. The van der Waals surface area contributed by atoms with Crippen molar-refractivity contribution in [3.05, 3.63) is 84.2 Å². The van der Waals surface area contributed by atoms with Gasteiger partial charge in [0.05, 0.1) is 23.4 Å². The number of anilines is 1. The van der Waals surface area contributed by atoms with Crippen molar-refractivity contribution in [2.75, 3.05) is 31.1 Å². The lowest BCUT2D eigenvalue weighted by Crippen LogP contribution is -2.59. The fourth-order valence-electron chi connectivity index (χ4n) is 5.58. The monoisotopic (exact) mass is 480 g/mol. The van der Waals surface area contributed by atoms with Gasteiger partial charge in [0.25, 0.3) is 0 Å². The highest BCUT2D eigenvalue weighted by atomic mass is 16.2. The Balaban J connectivity index is 1.11. The van der Waals surface area contributed by atoms with Crippen molar-refractivity contribution in [1.82, 2.24) is 24.6 Å². The average Bonchev–Trinajstić information content (AvgIpc) is 3.34. The zero-order chi connectivity index (χ0) is 24.6. The molecule has 4 heterocycles. The number of fused-ring (bicyclic) bond motifs is 2. The summed E-state index contributed by atoms with van der Waals surface area (Å²) < 4.78 is 1.93. The number of carbonyl (C=O) groups is 1. The molecule has 2 aromatic heterocycles. The van der Waals surface area contributed by atoms with Gasteiger partial charge in [-0.15, -0.1) is 0 Å². The van der Waals surface area contributed by atoms with E-state index in [1.807, 2.05) is 39.9 Å². The molecule has 0 radical (unpaired) electrons. The number of pyridine rings is 1. The van der Waals surface area contributed by atoms with Crippen molar-refractivity contribution in [2.24, 2.45) is 0 Å². The predicted molar refractivity (Wildman–Crippen MR) is 142 cm³/mol. The molecule has 1 amide bonds. The Morgan fingerprint density at radius 3 is 2.50 bits per heavy atom. The Hall–Kier alpha value is -3.71. The lowest BCUT2D eigenvalue weighted by atomic mass is 10.1. The van der Waals surface area contributed by atoms with E-state index in [9.17, 15) is 4.79 Å². The third kappa shape index (κ3) is 4.35. The molecule has 184 valence electrons. The molecule has 0 aliphatic carbocycles. The molecule has 0 bridgehead atoms. The van der Waals surface area contributed by atoms with Gasteiger partial charge in [-0.1, -0.05) is 36.4 Å². The van der Waals surface area contributed by atoms with Gasteiger partial charge in [-0.2, -0.15) is 5.10 Å². The Kier molecular flexibility index (Phi) is 5.93. The van der Waals surface area contributed by atoms with Crippen LogP contribution in [0.1, 0.15) is 25.1 Å². The average molecular weight is 481 g/mol. The fourth-order valence-corrected chi connectivity index (χ4v) is 5.58. The zero-order valence-electron chi connectivity index (χ0n) is 20.9. The SMILES string of the molecule is C[C@@H]1CN(c2ccc3ccccc3n2)C[C@H](C)N1CC(=O)N1CCc2nn(-c3ccccc3)cc2C1.